The molecule has 3 N–H and O–H groups in total. The molecule has 1 aliphatic rings. The SMILES string of the molecule is O=C1NN(S(=O)(=O)O)C(c2ccccc2)c2c1[nH]c1ccccc21. The molecule has 0 spiro atoms. The molecule has 0 aliphatic carbocycles. The molecule has 24 heavy (non-hydrogen) atoms. The first kappa shape index (κ1) is 14.9. The Kier molecular flexibility index (Phi) is 3.20. The maximum atomic E-state index is 12.3. The van der Waals surface area contributed by atoms with Gasteiger partial charge in [0, 0.05) is 16.5 Å². The van der Waals surface area contributed by atoms with E-state index >= 15 is 0 Å². The first-order valence-corrected chi connectivity index (χ1v) is 8.60. The van der Waals surface area contributed by atoms with Gasteiger partial charge in [-0.15, -0.1) is 0 Å². The molecule has 1 aromatic heterocycles. The third-order valence-corrected chi connectivity index (χ3v) is 4.86. The molecule has 8 heteroatoms. The number of carbonyl (C=O) groups is 1. The van der Waals surface area contributed by atoms with E-state index in [2.05, 4.69) is 10.4 Å². The van der Waals surface area contributed by atoms with Crippen molar-refractivity contribution >= 4 is 27.1 Å². The molecule has 122 valence electrons. The van der Waals surface area contributed by atoms with Crippen LogP contribution in [0.1, 0.15) is 27.7 Å². The largest absolute Gasteiger partial charge is 0.354 e. The molecule has 1 atom stereocenters. The molecule has 1 amide bonds. The van der Waals surface area contributed by atoms with Crippen molar-refractivity contribution in [2.45, 2.75) is 6.04 Å². The molecular weight excluding hydrogens is 330 g/mol. The zero-order valence-electron chi connectivity index (χ0n) is 12.3. The van der Waals surface area contributed by atoms with Crippen LogP contribution in [0.3, 0.4) is 0 Å². The van der Waals surface area contributed by atoms with Gasteiger partial charge in [-0.25, -0.2) is 0 Å². The van der Waals surface area contributed by atoms with E-state index in [1.807, 2.05) is 12.1 Å². The van der Waals surface area contributed by atoms with Gasteiger partial charge in [0.15, 0.2) is 0 Å². The zero-order chi connectivity index (χ0) is 16.9. The van der Waals surface area contributed by atoms with Crippen LogP contribution in [-0.2, 0) is 10.3 Å². The summed E-state index contributed by atoms with van der Waals surface area (Å²) in [5, 5.41) is 0.727. The molecule has 1 aliphatic heterocycles. The average molecular weight is 343 g/mol. The smallest absolute Gasteiger partial charge is 0.350 e. The van der Waals surface area contributed by atoms with Crippen molar-refractivity contribution in [3.63, 3.8) is 0 Å². The van der Waals surface area contributed by atoms with Crippen molar-refractivity contribution in [3.8, 4) is 0 Å². The molecule has 0 bridgehead atoms. The molecule has 3 aromatic rings. The highest BCUT2D eigenvalue weighted by molar-refractivity contribution is 7.83. The van der Waals surface area contributed by atoms with Crippen molar-refractivity contribution in [2.75, 3.05) is 0 Å². The van der Waals surface area contributed by atoms with Gasteiger partial charge in [-0.05, 0) is 11.6 Å². The van der Waals surface area contributed by atoms with Crippen LogP contribution in [0.2, 0.25) is 0 Å². The molecule has 1 unspecified atom stereocenters. The Balaban J connectivity index is 2.06. The van der Waals surface area contributed by atoms with E-state index in [0.29, 0.717) is 15.5 Å². The van der Waals surface area contributed by atoms with Crippen LogP contribution in [0.25, 0.3) is 10.9 Å². The van der Waals surface area contributed by atoms with Gasteiger partial charge in [-0.2, -0.15) is 8.42 Å². The number of benzene rings is 2. The number of hydrogen-bond acceptors (Lipinski definition) is 3. The van der Waals surface area contributed by atoms with Crippen LogP contribution in [0.15, 0.2) is 54.6 Å². The number of nitrogens with zero attached hydrogens (tertiary/aromatic N) is 1. The van der Waals surface area contributed by atoms with Crippen molar-refractivity contribution < 1.29 is 17.8 Å². The third kappa shape index (κ3) is 2.20. The Morgan fingerprint density at radius 1 is 1.00 bits per heavy atom. The Labute approximate surface area is 137 Å². The highest BCUT2D eigenvalue weighted by Crippen LogP contribution is 2.39. The minimum atomic E-state index is -4.66. The van der Waals surface area contributed by atoms with Gasteiger partial charge in [0.2, 0.25) is 0 Å². The zero-order valence-corrected chi connectivity index (χ0v) is 13.1. The lowest BCUT2D eigenvalue weighted by Crippen LogP contribution is -2.51. The summed E-state index contributed by atoms with van der Waals surface area (Å²) in [6.07, 6.45) is 0. The summed E-state index contributed by atoms with van der Waals surface area (Å²) in [6, 6.07) is 15.2. The predicted octanol–water partition coefficient (Wildman–Crippen LogP) is 2.02. The van der Waals surface area contributed by atoms with Gasteiger partial charge >= 0.3 is 10.3 Å². The number of aromatic nitrogens is 1. The normalized spacial score (nSPS) is 18.4. The number of nitrogens with one attached hydrogen (secondary N) is 2. The molecule has 7 nitrogen and oxygen atoms in total. The van der Waals surface area contributed by atoms with E-state index in [0.717, 1.165) is 10.9 Å². The van der Waals surface area contributed by atoms with Gasteiger partial charge in [-0.3, -0.25) is 14.8 Å². The van der Waals surface area contributed by atoms with Crippen LogP contribution < -0.4 is 5.43 Å². The lowest BCUT2D eigenvalue weighted by Gasteiger charge is -2.33. The van der Waals surface area contributed by atoms with E-state index in [4.69, 9.17) is 0 Å². The highest BCUT2D eigenvalue weighted by Gasteiger charge is 2.41. The van der Waals surface area contributed by atoms with Crippen LogP contribution >= 0.6 is 0 Å². The average Bonchev–Trinajstić information content (AvgIpc) is 2.95. The van der Waals surface area contributed by atoms with Gasteiger partial charge in [0.05, 0.1) is 0 Å². The molecule has 0 radical (unpaired) electrons. The monoisotopic (exact) mass is 343 g/mol. The van der Waals surface area contributed by atoms with Crippen molar-refractivity contribution in [2.24, 2.45) is 0 Å². The van der Waals surface area contributed by atoms with Crippen molar-refractivity contribution in [3.05, 3.63) is 71.4 Å². The summed E-state index contributed by atoms with van der Waals surface area (Å²) in [7, 11) is -4.66. The number of carbonyl (C=O) groups excluding carboxylic acids is 1. The Bertz CT molecular complexity index is 1040. The van der Waals surface area contributed by atoms with Crippen LogP contribution in [0, 0.1) is 0 Å². The van der Waals surface area contributed by atoms with Gasteiger partial charge in [0.25, 0.3) is 5.91 Å². The molecule has 2 aromatic carbocycles. The number of hydrogen-bond donors (Lipinski definition) is 3. The van der Waals surface area contributed by atoms with Crippen LogP contribution in [0.5, 0.6) is 0 Å². The number of H-pyrrole nitrogens is 1. The van der Waals surface area contributed by atoms with Gasteiger partial charge in [0.1, 0.15) is 11.7 Å². The summed E-state index contributed by atoms with van der Waals surface area (Å²) in [5.41, 5.74) is 4.39. The minimum Gasteiger partial charge on any atom is -0.350 e. The first-order valence-electron chi connectivity index (χ1n) is 7.20. The fraction of sp³-hybridized carbons (Fsp3) is 0.0625. The highest BCUT2D eigenvalue weighted by atomic mass is 32.2. The molecule has 0 fully saturated rings. The number of aromatic amines is 1. The minimum absolute atomic E-state index is 0.282. The summed E-state index contributed by atoms with van der Waals surface area (Å²) in [5.74, 6) is -0.619. The lowest BCUT2D eigenvalue weighted by molar-refractivity contribution is 0.0813. The summed E-state index contributed by atoms with van der Waals surface area (Å²) < 4.78 is 33.9. The summed E-state index contributed by atoms with van der Waals surface area (Å²) in [4.78, 5) is 15.4. The molecular formula is C16H13N3O4S. The number of fused-ring (bicyclic) bond motifs is 3. The lowest BCUT2D eigenvalue weighted by atomic mass is 9.95. The molecule has 0 saturated heterocycles. The fourth-order valence-electron chi connectivity index (χ4n) is 3.09. The number of amides is 1. The second-order valence-electron chi connectivity index (χ2n) is 5.49. The maximum absolute atomic E-state index is 12.3. The molecule has 2 heterocycles. The first-order chi connectivity index (χ1) is 11.5. The van der Waals surface area contributed by atoms with Gasteiger partial charge in [-0.1, -0.05) is 52.9 Å². The Hall–Kier alpha value is -2.68. The quantitative estimate of drug-likeness (QED) is 0.619. The number of para-hydroxylation sites is 1. The summed E-state index contributed by atoms with van der Waals surface area (Å²) >= 11 is 0. The number of rotatable bonds is 2. The number of hydrazine groups is 1. The standard InChI is InChI=1S/C16H13N3O4S/c20-16-14-13(11-8-4-5-9-12(11)17-14)15(10-6-2-1-3-7-10)19(18-16)24(21,22)23/h1-9,15,17H,(H,18,20)(H,21,22,23). The van der Waals surface area contributed by atoms with Crippen molar-refractivity contribution in [1.29, 1.82) is 0 Å². The maximum Gasteiger partial charge on any atom is 0.354 e. The van der Waals surface area contributed by atoms with E-state index in [1.54, 1.807) is 42.5 Å². The second-order valence-corrected chi connectivity index (χ2v) is 6.78. The Morgan fingerprint density at radius 2 is 1.67 bits per heavy atom. The van der Waals surface area contributed by atoms with Crippen molar-refractivity contribution in [1.82, 2.24) is 14.8 Å². The molecule has 4 rings (SSSR count). The van der Waals surface area contributed by atoms with Gasteiger partial charge < -0.3 is 4.98 Å². The van der Waals surface area contributed by atoms with E-state index in [1.165, 1.54) is 0 Å². The van der Waals surface area contributed by atoms with E-state index in [-0.39, 0.29) is 5.69 Å². The second kappa shape index (κ2) is 5.17. The Morgan fingerprint density at radius 3 is 2.38 bits per heavy atom. The molecule has 0 saturated carbocycles. The predicted molar refractivity (Wildman–Crippen MR) is 87.4 cm³/mol. The van der Waals surface area contributed by atoms with E-state index in [9.17, 15) is 17.8 Å². The summed E-state index contributed by atoms with van der Waals surface area (Å²) in [6.45, 7) is 0. The van der Waals surface area contributed by atoms with Crippen LogP contribution in [-0.4, -0.2) is 28.3 Å². The third-order valence-electron chi connectivity index (χ3n) is 4.06. The van der Waals surface area contributed by atoms with Crippen LogP contribution in [0.4, 0.5) is 0 Å². The fourth-order valence-corrected chi connectivity index (χ4v) is 3.78. The topological polar surface area (TPSA) is 102 Å². The van der Waals surface area contributed by atoms with E-state index < -0.39 is 22.3 Å².